The summed E-state index contributed by atoms with van der Waals surface area (Å²) in [7, 11) is 0. The highest BCUT2D eigenvalue weighted by Crippen LogP contribution is 2.37. The predicted molar refractivity (Wildman–Crippen MR) is 95.6 cm³/mol. The first-order valence-electron chi connectivity index (χ1n) is 7.08. The number of fused-ring (bicyclic) bond motifs is 2. The molecule has 1 aliphatic rings. The Morgan fingerprint density at radius 3 is 2.58 bits per heavy atom. The summed E-state index contributed by atoms with van der Waals surface area (Å²) in [5.74, 6) is 1.36. The van der Waals surface area contributed by atoms with Crippen LogP contribution in [0.1, 0.15) is 0 Å². The fourth-order valence-corrected chi connectivity index (χ4v) is 3.09. The molecule has 0 fully saturated rings. The fourth-order valence-electron chi connectivity index (χ4n) is 2.44. The summed E-state index contributed by atoms with van der Waals surface area (Å²) in [6.07, 6.45) is 1.42. The average molecular weight is 455 g/mol. The van der Waals surface area contributed by atoms with E-state index < -0.39 is 5.82 Å². The Bertz CT molecular complexity index is 952. The van der Waals surface area contributed by atoms with E-state index in [1.807, 2.05) is 0 Å². The molecule has 4 rings (SSSR count). The number of hydrogen-bond donors (Lipinski definition) is 1. The average Bonchev–Trinajstić information content (AvgIpc) is 2.61. The lowest BCUT2D eigenvalue weighted by atomic mass is 10.2. The van der Waals surface area contributed by atoms with Crippen molar-refractivity contribution in [3.8, 4) is 11.5 Å². The van der Waals surface area contributed by atoms with Crippen molar-refractivity contribution in [2.75, 3.05) is 18.5 Å². The van der Waals surface area contributed by atoms with E-state index >= 15 is 0 Å². The Balaban J connectivity index is 1.81. The molecule has 0 spiro atoms. The van der Waals surface area contributed by atoms with Gasteiger partial charge in [-0.3, -0.25) is 0 Å². The summed E-state index contributed by atoms with van der Waals surface area (Å²) in [5.41, 5.74) is 0.994. The zero-order chi connectivity index (χ0) is 16.7. The van der Waals surface area contributed by atoms with Crippen LogP contribution in [0.25, 0.3) is 10.9 Å². The van der Waals surface area contributed by atoms with E-state index in [9.17, 15) is 4.39 Å². The normalized spacial score (nSPS) is 13.1. The highest BCUT2D eigenvalue weighted by Gasteiger charge is 2.17. The zero-order valence-electron chi connectivity index (χ0n) is 12.1. The number of hydrogen-bond acceptors (Lipinski definition) is 5. The first-order valence-corrected chi connectivity index (χ1v) is 8.67. The quantitative estimate of drug-likeness (QED) is 0.563. The minimum atomic E-state index is -0.409. The van der Waals surface area contributed by atoms with Gasteiger partial charge in [0, 0.05) is 15.9 Å². The Kier molecular flexibility index (Phi) is 4.01. The van der Waals surface area contributed by atoms with E-state index in [0.717, 1.165) is 5.39 Å². The maximum absolute atomic E-state index is 14.4. The van der Waals surface area contributed by atoms with Crippen molar-refractivity contribution in [3.05, 3.63) is 45.4 Å². The van der Waals surface area contributed by atoms with Gasteiger partial charge in [0.15, 0.2) is 17.3 Å². The largest absolute Gasteiger partial charge is 0.486 e. The van der Waals surface area contributed by atoms with Gasteiger partial charge in [0.05, 0.1) is 15.7 Å². The highest BCUT2D eigenvalue weighted by atomic mass is 79.9. The molecule has 0 radical (unpaired) electrons. The third-order valence-electron chi connectivity index (χ3n) is 3.59. The molecule has 2 heterocycles. The van der Waals surface area contributed by atoms with Gasteiger partial charge in [-0.15, -0.1) is 0 Å². The summed E-state index contributed by atoms with van der Waals surface area (Å²) in [6.45, 7) is 0.996. The third-order valence-corrected chi connectivity index (χ3v) is 5.56. The second-order valence-electron chi connectivity index (χ2n) is 5.08. The Morgan fingerprint density at radius 2 is 1.79 bits per heavy atom. The molecule has 1 N–H and O–H groups in total. The first kappa shape index (κ1) is 15.6. The second-order valence-corrected chi connectivity index (χ2v) is 6.73. The maximum atomic E-state index is 14.4. The number of benzene rings is 2. The number of halogens is 3. The van der Waals surface area contributed by atoms with Gasteiger partial charge in [0.1, 0.15) is 25.4 Å². The predicted octanol–water partition coefficient (Wildman–Crippen LogP) is 4.81. The van der Waals surface area contributed by atoms with Crippen LogP contribution in [0.2, 0.25) is 0 Å². The number of aromatic nitrogens is 2. The monoisotopic (exact) mass is 453 g/mol. The van der Waals surface area contributed by atoms with Crippen LogP contribution < -0.4 is 14.8 Å². The van der Waals surface area contributed by atoms with Gasteiger partial charge in [-0.05, 0) is 50.1 Å². The number of nitrogens with one attached hydrogen (secondary N) is 1. The van der Waals surface area contributed by atoms with Crippen LogP contribution in [0.3, 0.4) is 0 Å². The van der Waals surface area contributed by atoms with Crippen LogP contribution in [0.4, 0.5) is 15.9 Å². The van der Waals surface area contributed by atoms with Gasteiger partial charge in [-0.1, -0.05) is 0 Å². The van der Waals surface area contributed by atoms with E-state index in [0.29, 0.717) is 50.7 Å². The Labute approximate surface area is 153 Å². The van der Waals surface area contributed by atoms with Crippen molar-refractivity contribution in [2.45, 2.75) is 0 Å². The molecule has 1 aliphatic heterocycles. The minimum Gasteiger partial charge on any atom is -0.486 e. The van der Waals surface area contributed by atoms with Crippen molar-refractivity contribution < 1.29 is 13.9 Å². The fraction of sp³-hybridized carbons (Fsp3) is 0.125. The van der Waals surface area contributed by atoms with Gasteiger partial charge in [0.25, 0.3) is 0 Å². The highest BCUT2D eigenvalue weighted by molar-refractivity contribution is 9.13. The van der Waals surface area contributed by atoms with Crippen LogP contribution in [-0.2, 0) is 0 Å². The molecule has 0 atom stereocenters. The number of anilines is 2. The molecular weight excluding hydrogens is 445 g/mol. The number of rotatable bonds is 2. The molecule has 0 amide bonds. The van der Waals surface area contributed by atoms with E-state index in [4.69, 9.17) is 9.47 Å². The molecule has 8 heteroatoms. The lowest BCUT2D eigenvalue weighted by Gasteiger charge is -2.19. The first-order chi connectivity index (χ1) is 11.6. The van der Waals surface area contributed by atoms with Crippen molar-refractivity contribution in [1.29, 1.82) is 0 Å². The van der Waals surface area contributed by atoms with Crippen LogP contribution in [0.5, 0.6) is 11.5 Å². The molecule has 1 aromatic heterocycles. The zero-order valence-corrected chi connectivity index (χ0v) is 15.3. The lowest BCUT2D eigenvalue weighted by Crippen LogP contribution is -2.15. The van der Waals surface area contributed by atoms with Gasteiger partial charge in [-0.2, -0.15) is 0 Å². The SMILES string of the molecule is Fc1c(Nc2ncnc3cc4c(cc23)OCCO4)ccc(Br)c1Br. The molecule has 0 saturated heterocycles. The smallest absolute Gasteiger partial charge is 0.163 e. The molecule has 0 saturated carbocycles. The van der Waals surface area contributed by atoms with E-state index in [1.54, 1.807) is 24.3 Å². The van der Waals surface area contributed by atoms with Gasteiger partial charge in [-0.25, -0.2) is 14.4 Å². The minimum absolute atomic E-state index is 0.306. The van der Waals surface area contributed by atoms with Gasteiger partial charge < -0.3 is 14.8 Å². The van der Waals surface area contributed by atoms with Gasteiger partial charge in [0.2, 0.25) is 0 Å². The van der Waals surface area contributed by atoms with E-state index in [2.05, 4.69) is 47.1 Å². The lowest BCUT2D eigenvalue weighted by molar-refractivity contribution is 0.172. The van der Waals surface area contributed by atoms with Crippen LogP contribution in [-0.4, -0.2) is 23.2 Å². The molecular formula is C16H10Br2FN3O2. The van der Waals surface area contributed by atoms with Crippen LogP contribution in [0, 0.1) is 5.82 Å². The maximum Gasteiger partial charge on any atom is 0.163 e. The summed E-state index contributed by atoms with van der Waals surface area (Å²) >= 11 is 6.49. The topological polar surface area (TPSA) is 56.3 Å². The summed E-state index contributed by atoms with van der Waals surface area (Å²) in [5, 5.41) is 3.74. The summed E-state index contributed by atoms with van der Waals surface area (Å²) in [6, 6.07) is 6.98. The molecule has 0 bridgehead atoms. The molecule has 0 unspecified atom stereocenters. The second kappa shape index (κ2) is 6.18. The van der Waals surface area contributed by atoms with Crippen molar-refractivity contribution >= 4 is 54.3 Å². The Hall–Kier alpha value is -1.93. The third kappa shape index (κ3) is 2.69. The van der Waals surface area contributed by atoms with Gasteiger partial charge >= 0.3 is 0 Å². The molecule has 3 aromatic rings. The molecule has 5 nitrogen and oxygen atoms in total. The van der Waals surface area contributed by atoms with Crippen molar-refractivity contribution in [1.82, 2.24) is 9.97 Å². The number of nitrogens with zero attached hydrogens (tertiary/aromatic N) is 2. The Morgan fingerprint density at radius 1 is 1.04 bits per heavy atom. The molecule has 0 aliphatic carbocycles. The number of ether oxygens (including phenoxy) is 2. The summed E-state index contributed by atoms with van der Waals surface area (Å²) in [4.78, 5) is 8.48. The van der Waals surface area contributed by atoms with Crippen molar-refractivity contribution in [3.63, 3.8) is 0 Å². The van der Waals surface area contributed by atoms with Crippen molar-refractivity contribution in [2.24, 2.45) is 0 Å². The molecule has 24 heavy (non-hydrogen) atoms. The van der Waals surface area contributed by atoms with Crippen LogP contribution in [0.15, 0.2) is 39.5 Å². The standard InChI is InChI=1S/C16H10Br2FN3O2/c17-9-1-2-10(15(19)14(9)18)22-16-8-5-12-13(24-4-3-23-12)6-11(8)20-7-21-16/h1-2,5-7H,3-4H2,(H,20,21,22). The van der Waals surface area contributed by atoms with E-state index in [-0.39, 0.29) is 0 Å². The molecule has 122 valence electrons. The van der Waals surface area contributed by atoms with Crippen LogP contribution >= 0.6 is 31.9 Å². The summed E-state index contributed by atoms with van der Waals surface area (Å²) < 4.78 is 26.5. The van der Waals surface area contributed by atoms with E-state index in [1.165, 1.54) is 6.33 Å². The molecule has 2 aromatic carbocycles.